The lowest BCUT2D eigenvalue weighted by molar-refractivity contribution is -0.136. The molecule has 0 atom stereocenters. The number of aryl methyl sites for hydroxylation is 1. The van der Waals surface area contributed by atoms with Crippen LogP contribution >= 0.6 is 11.6 Å². The minimum absolute atomic E-state index is 0.0165. The minimum Gasteiger partial charge on any atom is -0.356 e. The molecule has 6 nitrogen and oxygen atoms in total. The Bertz CT molecular complexity index is 1520. The summed E-state index contributed by atoms with van der Waals surface area (Å²) in [4.78, 5) is 21.5. The molecule has 0 aliphatic carbocycles. The molecule has 2 aliphatic heterocycles. The number of likely N-dealkylation sites (tertiary alicyclic amines) is 1. The summed E-state index contributed by atoms with van der Waals surface area (Å²) < 4.78 is 1.88. The normalized spacial score (nSPS) is 16.5. The third kappa shape index (κ3) is 3.59. The molecule has 7 heteroatoms. The second-order valence-corrected chi connectivity index (χ2v) is 10.5. The van der Waals surface area contributed by atoms with E-state index in [4.69, 9.17) is 16.6 Å². The fourth-order valence-electron chi connectivity index (χ4n) is 5.91. The van der Waals surface area contributed by atoms with Crippen molar-refractivity contribution in [3.63, 3.8) is 0 Å². The molecule has 2 aliphatic rings. The van der Waals surface area contributed by atoms with Gasteiger partial charge in [-0.1, -0.05) is 48.5 Å². The molecule has 0 saturated carbocycles. The third-order valence-corrected chi connectivity index (χ3v) is 8.07. The van der Waals surface area contributed by atoms with E-state index in [1.165, 1.54) is 6.08 Å². The predicted octanol–water partition coefficient (Wildman–Crippen LogP) is 5.49. The van der Waals surface area contributed by atoms with Crippen LogP contribution in [0.2, 0.25) is 5.02 Å². The van der Waals surface area contributed by atoms with Gasteiger partial charge in [0.2, 0.25) is 5.91 Å². The first-order valence-corrected chi connectivity index (χ1v) is 12.6. The first kappa shape index (κ1) is 22.8. The lowest BCUT2D eigenvalue weighted by atomic mass is 9.79. The predicted molar refractivity (Wildman–Crippen MR) is 145 cm³/mol. The summed E-state index contributed by atoms with van der Waals surface area (Å²) in [7, 11) is 1.95. The highest BCUT2D eigenvalue weighted by atomic mass is 35.5. The van der Waals surface area contributed by atoms with Crippen molar-refractivity contribution in [3.8, 4) is 22.4 Å². The maximum Gasteiger partial charge on any atom is 0.245 e. The Morgan fingerprint density at radius 3 is 2.67 bits per heavy atom. The molecule has 1 spiro atoms. The summed E-state index contributed by atoms with van der Waals surface area (Å²) >= 11 is 6.72. The van der Waals surface area contributed by atoms with E-state index in [1.807, 2.05) is 47.1 Å². The maximum absolute atomic E-state index is 12.0. The quantitative estimate of drug-likeness (QED) is 0.350. The first-order chi connectivity index (χ1) is 17.4. The van der Waals surface area contributed by atoms with E-state index >= 15 is 0 Å². The van der Waals surface area contributed by atoms with E-state index in [9.17, 15) is 4.79 Å². The van der Waals surface area contributed by atoms with Gasteiger partial charge in [-0.3, -0.25) is 9.48 Å². The number of benzene rings is 2. The van der Waals surface area contributed by atoms with Gasteiger partial charge in [-0.25, -0.2) is 4.98 Å². The maximum atomic E-state index is 12.0. The van der Waals surface area contributed by atoms with Crippen LogP contribution in [-0.2, 0) is 11.8 Å². The van der Waals surface area contributed by atoms with Crippen LogP contribution in [0.3, 0.4) is 0 Å². The summed E-state index contributed by atoms with van der Waals surface area (Å²) in [5, 5.41) is 6.14. The molecule has 4 aromatic rings. The number of nitrogens with zero attached hydrogens (tertiary/aromatic N) is 5. The van der Waals surface area contributed by atoms with Gasteiger partial charge in [-0.05, 0) is 43.2 Å². The van der Waals surface area contributed by atoms with Crippen molar-refractivity contribution in [2.75, 3.05) is 31.1 Å². The van der Waals surface area contributed by atoms with E-state index < -0.39 is 0 Å². The van der Waals surface area contributed by atoms with Crippen LogP contribution in [-0.4, -0.2) is 51.8 Å². The molecule has 36 heavy (non-hydrogen) atoms. The first-order valence-electron chi connectivity index (χ1n) is 12.2. The fraction of sp³-hybridized carbons (Fsp3) is 0.276. The Balaban J connectivity index is 1.47. The van der Waals surface area contributed by atoms with Crippen molar-refractivity contribution >= 4 is 34.2 Å². The fourth-order valence-corrected chi connectivity index (χ4v) is 6.14. The minimum atomic E-state index is 0.0165. The van der Waals surface area contributed by atoms with Gasteiger partial charge >= 0.3 is 0 Å². The van der Waals surface area contributed by atoms with Crippen molar-refractivity contribution in [1.29, 1.82) is 0 Å². The SMILES string of the molecule is C=CC(=O)N1CC2(CCN(c3nc4cc(-c5ccnn5C)ccc4c(-c4ccccc4Cl)c3C)C2)C1. The monoisotopic (exact) mass is 497 g/mol. The van der Waals surface area contributed by atoms with E-state index in [-0.39, 0.29) is 11.3 Å². The van der Waals surface area contributed by atoms with Crippen LogP contribution in [0.5, 0.6) is 0 Å². The topological polar surface area (TPSA) is 54.3 Å². The third-order valence-electron chi connectivity index (χ3n) is 7.74. The van der Waals surface area contributed by atoms with Crippen LogP contribution in [0.4, 0.5) is 5.82 Å². The highest BCUT2D eigenvalue weighted by molar-refractivity contribution is 6.33. The molecule has 2 saturated heterocycles. The molecule has 2 aromatic heterocycles. The molecule has 2 fully saturated rings. The van der Waals surface area contributed by atoms with E-state index in [1.54, 1.807) is 0 Å². The largest absolute Gasteiger partial charge is 0.356 e. The number of pyridine rings is 1. The molecule has 0 radical (unpaired) electrons. The average Bonchev–Trinajstić information content (AvgIpc) is 3.50. The summed E-state index contributed by atoms with van der Waals surface area (Å²) in [6, 6.07) is 16.5. The van der Waals surface area contributed by atoms with E-state index in [0.717, 1.165) is 82.3 Å². The lowest BCUT2D eigenvalue weighted by Gasteiger charge is -2.47. The highest BCUT2D eigenvalue weighted by Gasteiger charge is 2.49. The molecule has 0 unspecified atom stereocenters. The lowest BCUT2D eigenvalue weighted by Crippen LogP contribution is -2.59. The van der Waals surface area contributed by atoms with Gasteiger partial charge in [-0.15, -0.1) is 0 Å². The Hall–Kier alpha value is -3.64. The highest BCUT2D eigenvalue weighted by Crippen LogP contribution is 2.45. The molecular formula is C29H28ClN5O. The zero-order chi connectivity index (χ0) is 25.0. The van der Waals surface area contributed by atoms with Crippen LogP contribution in [0.1, 0.15) is 12.0 Å². The Kier molecular flexibility index (Phi) is 5.38. The average molecular weight is 498 g/mol. The number of aromatic nitrogens is 3. The zero-order valence-corrected chi connectivity index (χ0v) is 21.3. The van der Waals surface area contributed by atoms with Crippen LogP contribution in [0.15, 0.2) is 67.4 Å². The summed E-state index contributed by atoms with van der Waals surface area (Å²) in [6.07, 6.45) is 4.26. The molecule has 0 bridgehead atoms. The van der Waals surface area contributed by atoms with Crippen molar-refractivity contribution in [2.24, 2.45) is 12.5 Å². The van der Waals surface area contributed by atoms with Gasteiger partial charge in [-0.2, -0.15) is 5.10 Å². The number of hydrogen-bond donors (Lipinski definition) is 0. The van der Waals surface area contributed by atoms with Crippen molar-refractivity contribution in [2.45, 2.75) is 13.3 Å². The van der Waals surface area contributed by atoms with Gasteiger partial charge in [0.15, 0.2) is 0 Å². The number of carbonyl (C=O) groups is 1. The Labute approximate surface area is 215 Å². The number of carbonyl (C=O) groups excluding carboxylic acids is 1. The Morgan fingerprint density at radius 1 is 1.14 bits per heavy atom. The smallest absolute Gasteiger partial charge is 0.245 e. The standard InChI is InChI=1S/C29H28ClN5O/c1-4-26(36)35-17-29(18-35)12-14-34(16-29)28-19(2)27(21-7-5-6-8-23(21)30)22-10-9-20(15-24(22)32-28)25-11-13-31-33(25)3/h4-11,13,15H,1,12,14,16-18H2,2-3H3. The summed E-state index contributed by atoms with van der Waals surface area (Å²) in [5.41, 5.74) is 6.44. The van der Waals surface area contributed by atoms with Crippen molar-refractivity contribution in [3.05, 3.63) is 78.0 Å². The molecule has 4 heterocycles. The number of fused-ring (bicyclic) bond motifs is 1. The van der Waals surface area contributed by atoms with Gasteiger partial charge < -0.3 is 9.80 Å². The van der Waals surface area contributed by atoms with E-state index in [0.29, 0.717) is 0 Å². The molecule has 6 rings (SSSR count). The van der Waals surface area contributed by atoms with Gasteiger partial charge in [0.05, 0.1) is 11.2 Å². The van der Waals surface area contributed by atoms with Crippen LogP contribution in [0.25, 0.3) is 33.3 Å². The summed E-state index contributed by atoms with van der Waals surface area (Å²) in [6.45, 7) is 9.14. The molecule has 0 N–H and O–H groups in total. The second-order valence-electron chi connectivity index (χ2n) is 10.1. The van der Waals surface area contributed by atoms with Crippen molar-refractivity contribution in [1.82, 2.24) is 19.7 Å². The van der Waals surface area contributed by atoms with Gasteiger partial charge in [0, 0.05) is 71.9 Å². The molecule has 1 amide bonds. The zero-order valence-electron chi connectivity index (χ0n) is 20.5. The number of anilines is 1. The number of halogens is 1. The number of hydrogen-bond acceptors (Lipinski definition) is 4. The summed E-state index contributed by atoms with van der Waals surface area (Å²) in [5.74, 6) is 1.01. The molecule has 2 aromatic carbocycles. The van der Waals surface area contributed by atoms with Crippen LogP contribution in [0, 0.1) is 12.3 Å². The van der Waals surface area contributed by atoms with E-state index in [2.05, 4.69) is 47.8 Å². The van der Waals surface area contributed by atoms with Crippen LogP contribution < -0.4 is 4.90 Å². The Morgan fingerprint density at radius 2 is 1.94 bits per heavy atom. The second kappa shape index (κ2) is 8.49. The number of amides is 1. The molecular weight excluding hydrogens is 470 g/mol. The van der Waals surface area contributed by atoms with Gasteiger partial charge in [0.25, 0.3) is 0 Å². The van der Waals surface area contributed by atoms with Crippen molar-refractivity contribution < 1.29 is 4.79 Å². The number of rotatable bonds is 4. The van der Waals surface area contributed by atoms with Gasteiger partial charge in [0.1, 0.15) is 5.82 Å². The molecule has 182 valence electrons.